The number of amides is 1. The van der Waals surface area contributed by atoms with Gasteiger partial charge in [0.2, 0.25) is 5.91 Å². The first kappa shape index (κ1) is 13.9. The number of hydrogen-bond donors (Lipinski definition) is 1. The highest BCUT2D eigenvalue weighted by molar-refractivity contribution is 8.14. The molecule has 1 amide bonds. The van der Waals surface area contributed by atoms with Gasteiger partial charge in [0.15, 0.2) is 16.7 Å². The van der Waals surface area contributed by atoms with Crippen LogP contribution in [0, 0.1) is 5.82 Å². The normalized spacial score (nSPS) is 14.1. The monoisotopic (exact) mass is 282 g/mol. The Bertz CT molecular complexity index is 479. The number of nitrogens with one attached hydrogen (secondary N) is 1. The van der Waals surface area contributed by atoms with Gasteiger partial charge in [0.25, 0.3) is 0 Å². The molecule has 0 radical (unpaired) electrons. The van der Waals surface area contributed by atoms with Gasteiger partial charge in [0.05, 0.1) is 13.2 Å². The standard InChI is InChI=1S/C13H15FN2O2S/c14-10-4-1-2-5-11(10)18-8-3-6-12(17)16-13-15-7-9-19-13/h1-2,4-5H,3,6-9H2,(H,15,16,17). The first-order valence-electron chi connectivity index (χ1n) is 6.10. The molecule has 1 aliphatic rings. The van der Waals surface area contributed by atoms with E-state index in [1.807, 2.05) is 0 Å². The number of carbonyl (C=O) groups is 1. The third-order valence-corrected chi connectivity index (χ3v) is 3.37. The molecule has 1 N–H and O–H groups in total. The first-order valence-corrected chi connectivity index (χ1v) is 7.09. The van der Waals surface area contributed by atoms with Crippen molar-refractivity contribution >= 4 is 22.8 Å². The number of para-hydroxylation sites is 1. The number of thioether (sulfide) groups is 1. The van der Waals surface area contributed by atoms with Crippen LogP contribution in [0.15, 0.2) is 29.3 Å². The maximum absolute atomic E-state index is 13.2. The molecule has 0 fully saturated rings. The molecule has 1 heterocycles. The molecule has 2 rings (SSSR count). The highest BCUT2D eigenvalue weighted by atomic mass is 32.2. The van der Waals surface area contributed by atoms with Crippen LogP contribution in [-0.2, 0) is 4.79 Å². The van der Waals surface area contributed by atoms with Crippen LogP contribution in [0.25, 0.3) is 0 Å². The minimum absolute atomic E-state index is 0.0784. The van der Waals surface area contributed by atoms with Gasteiger partial charge in [-0.25, -0.2) is 4.39 Å². The Morgan fingerprint density at radius 3 is 3.05 bits per heavy atom. The molecule has 0 unspecified atom stereocenters. The van der Waals surface area contributed by atoms with Crippen LogP contribution in [0.1, 0.15) is 12.8 Å². The summed E-state index contributed by atoms with van der Waals surface area (Å²) in [7, 11) is 0. The van der Waals surface area contributed by atoms with Crippen molar-refractivity contribution in [1.29, 1.82) is 0 Å². The van der Waals surface area contributed by atoms with E-state index in [2.05, 4.69) is 10.3 Å². The van der Waals surface area contributed by atoms with Gasteiger partial charge in [-0.1, -0.05) is 23.9 Å². The predicted molar refractivity (Wildman–Crippen MR) is 74.0 cm³/mol. The lowest BCUT2D eigenvalue weighted by atomic mass is 10.3. The SMILES string of the molecule is O=C(CCCOc1ccccc1F)NC1=NCCS1. The maximum atomic E-state index is 13.2. The topological polar surface area (TPSA) is 50.7 Å². The lowest BCUT2D eigenvalue weighted by Crippen LogP contribution is -2.27. The highest BCUT2D eigenvalue weighted by Crippen LogP contribution is 2.15. The van der Waals surface area contributed by atoms with Crippen LogP contribution in [0.3, 0.4) is 0 Å². The van der Waals surface area contributed by atoms with Crippen molar-refractivity contribution < 1.29 is 13.9 Å². The minimum Gasteiger partial charge on any atom is -0.491 e. The lowest BCUT2D eigenvalue weighted by Gasteiger charge is -2.07. The number of amidine groups is 1. The lowest BCUT2D eigenvalue weighted by molar-refractivity contribution is -0.119. The molecule has 6 heteroatoms. The average Bonchev–Trinajstić information content (AvgIpc) is 2.89. The summed E-state index contributed by atoms with van der Waals surface area (Å²) >= 11 is 1.55. The zero-order chi connectivity index (χ0) is 13.5. The van der Waals surface area contributed by atoms with Gasteiger partial charge >= 0.3 is 0 Å². The first-order chi connectivity index (χ1) is 9.25. The number of benzene rings is 1. The summed E-state index contributed by atoms with van der Waals surface area (Å²) < 4.78 is 18.5. The van der Waals surface area contributed by atoms with Crippen LogP contribution < -0.4 is 10.1 Å². The largest absolute Gasteiger partial charge is 0.491 e. The van der Waals surface area contributed by atoms with Crippen LogP contribution in [0.4, 0.5) is 4.39 Å². The molecule has 0 spiro atoms. The second-order valence-corrected chi connectivity index (χ2v) is 5.05. The Kier molecular flexibility index (Phi) is 5.20. The van der Waals surface area contributed by atoms with E-state index in [-0.39, 0.29) is 17.5 Å². The fraction of sp³-hybridized carbons (Fsp3) is 0.385. The summed E-state index contributed by atoms with van der Waals surface area (Å²) in [6.07, 6.45) is 0.881. The fourth-order valence-corrected chi connectivity index (χ4v) is 2.31. The zero-order valence-corrected chi connectivity index (χ0v) is 11.2. The van der Waals surface area contributed by atoms with Crippen molar-refractivity contribution in [2.75, 3.05) is 18.9 Å². The molecule has 0 saturated carbocycles. The van der Waals surface area contributed by atoms with E-state index in [0.29, 0.717) is 24.6 Å². The van der Waals surface area contributed by atoms with Gasteiger partial charge in [-0.15, -0.1) is 0 Å². The smallest absolute Gasteiger partial charge is 0.226 e. The molecule has 0 saturated heterocycles. The molecule has 0 atom stereocenters. The maximum Gasteiger partial charge on any atom is 0.226 e. The molecule has 1 aliphatic heterocycles. The molecule has 4 nitrogen and oxygen atoms in total. The molecule has 102 valence electrons. The second-order valence-electron chi connectivity index (χ2n) is 3.97. The van der Waals surface area contributed by atoms with E-state index in [1.165, 1.54) is 6.07 Å². The minimum atomic E-state index is -0.385. The molecule has 0 bridgehead atoms. The predicted octanol–water partition coefficient (Wildman–Crippen LogP) is 2.20. The third kappa shape index (κ3) is 4.55. The van der Waals surface area contributed by atoms with Crippen molar-refractivity contribution in [2.45, 2.75) is 12.8 Å². The number of hydrogen-bond acceptors (Lipinski definition) is 4. The van der Waals surface area contributed by atoms with Crippen LogP contribution in [-0.4, -0.2) is 30.0 Å². The van der Waals surface area contributed by atoms with Crippen LogP contribution in [0.2, 0.25) is 0 Å². The van der Waals surface area contributed by atoms with E-state index >= 15 is 0 Å². The number of ether oxygens (including phenoxy) is 1. The van der Waals surface area contributed by atoms with Gasteiger partial charge in [0, 0.05) is 12.2 Å². The number of nitrogens with zero attached hydrogens (tertiary/aromatic N) is 1. The Hall–Kier alpha value is -1.56. The second kappa shape index (κ2) is 7.13. The van der Waals surface area contributed by atoms with E-state index in [1.54, 1.807) is 30.0 Å². The Morgan fingerprint density at radius 2 is 2.32 bits per heavy atom. The average molecular weight is 282 g/mol. The number of halogens is 1. The third-order valence-electron chi connectivity index (χ3n) is 2.47. The van der Waals surface area contributed by atoms with Crippen molar-refractivity contribution in [3.63, 3.8) is 0 Å². The number of rotatable bonds is 5. The van der Waals surface area contributed by atoms with Gasteiger partial charge in [-0.3, -0.25) is 9.79 Å². The van der Waals surface area contributed by atoms with Gasteiger partial charge in [0.1, 0.15) is 0 Å². The molecule has 0 aromatic heterocycles. The van der Waals surface area contributed by atoms with Crippen molar-refractivity contribution in [3.8, 4) is 5.75 Å². The Balaban J connectivity index is 1.64. The molecule has 1 aromatic rings. The summed E-state index contributed by atoms with van der Waals surface area (Å²) in [5.74, 6) is 0.680. The molecular weight excluding hydrogens is 267 g/mol. The van der Waals surface area contributed by atoms with E-state index < -0.39 is 0 Å². The summed E-state index contributed by atoms with van der Waals surface area (Å²) in [4.78, 5) is 15.7. The Labute approximate surface area is 115 Å². The van der Waals surface area contributed by atoms with Crippen molar-refractivity contribution in [2.24, 2.45) is 4.99 Å². The summed E-state index contributed by atoms with van der Waals surface area (Å²) in [5.41, 5.74) is 0. The molecular formula is C13H15FN2O2S. The summed E-state index contributed by atoms with van der Waals surface area (Å²) in [6, 6.07) is 6.23. The fourth-order valence-electron chi connectivity index (χ4n) is 1.57. The molecule has 0 aliphatic carbocycles. The van der Waals surface area contributed by atoms with Crippen molar-refractivity contribution in [1.82, 2.24) is 5.32 Å². The number of aliphatic imine (C=N–C) groups is 1. The van der Waals surface area contributed by atoms with Gasteiger partial charge in [-0.05, 0) is 18.6 Å². The summed E-state index contributed by atoms with van der Waals surface area (Å²) in [6.45, 7) is 1.07. The zero-order valence-electron chi connectivity index (χ0n) is 10.4. The van der Waals surface area contributed by atoms with Crippen LogP contribution in [0.5, 0.6) is 5.75 Å². The molecule has 1 aromatic carbocycles. The van der Waals surface area contributed by atoms with Crippen LogP contribution >= 0.6 is 11.8 Å². The van der Waals surface area contributed by atoms with E-state index in [0.717, 1.165) is 12.3 Å². The van der Waals surface area contributed by atoms with Gasteiger partial charge in [-0.2, -0.15) is 0 Å². The van der Waals surface area contributed by atoms with E-state index in [9.17, 15) is 9.18 Å². The quantitative estimate of drug-likeness (QED) is 0.842. The number of carbonyl (C=O) groups excluding carboxylic acids is 1. The van der Waals surface area contributed by atoms with E-state index in [4.69, 9.17) is 4.74 Å². The molecule has 19 heavy (non-hydrogen) atoms. The summed E-state index contributed by atoms with van der Waals surface area (Å²) in [5, 5.41) is 3.43. The van der Waals surface area contributed by atoms with Gasteiger partial charge < -0.3 is 10.1 Å². The highest BCUT2D eigenvalue weighted by Gasteiger charge is 2.10. The van der Waals surface area contributed by atoms with Crippen molar-refractivity contribution in [3.05, 3.63) is 30.1 Å². The Morgan fingerprint density at radius 1 is 1.47 bits per heavy atom.